The van der Waals surface area contributed by atoms with Gasteiger partial charge >= 0.3 is 0 Å². The summed E-state index contributed by atoms with van der Waals surface area (Å²) in [5.41, 5.74) is 0. The molecule has 1 amide bonds. The van der Waals surface area contributed by atoms with E-state index in [4.69, 9.17) is 11.6 Å². The number of aliphatic imine (C=N–C) groups is 1. The molecule has 1 saturated heterocycles. The highest BCUT2D eigenvalue weighted by Gasteiger charge is 2.25. The van der Waals surface area contributed by atoms with Crippen molar-refractivity contribution in [3.05, 3.63) is 23.4 Å². The van der Waals surface area contributed by atoms with Gasteiger partial charge in [-0.25, -0.2) is 4.98 Å². The Hall–Kier alpha value is -2.02. The van der Waals surface area contributed by atoms with E-state index in [1.165, 1.54) is 19.3 Å². The van der Waals surface area contributed by atoms with Crippen molar-refractivity contribution in [2.24, 2.45) is 4.99 Å². The number of hydrogen-bond acceptors (Lipinski definition) is 4. The Bertz CT molecular complexity index is 692. The second-order valence-corrected chi connectivity index (χ2v) is 8.21. The molecule has 0 aromatic carbocycles. The molecule has 1 aliphatic heterocycles. The molecule has 0 spiro atoms. The molecule has 0 bridgehead atoms. The normalized spacial score (nSPS) is 20.6. The van der Waals surface area contributed by atoms with E-state index in [-0.39, 0.29) is 11.9 Å². The lowest BCUT2D eigenvalue weighted by atomic mass is 9.95. The minimum atomic E-state index is 0.105. The molecule has 2 fully saturated rings. The molecule has 2 heterocycles. The molecule has 1 aromatic heterocycles. The van der Waals surface area contributed by atoms with Crippen molar-refractivity contribution in [3.8, 4) is 0 Å². The fourth-order valence-electron chi connectivity index (χ4n) is 4.01. The third-order valence-electron chi connectivity index (χ3n) is 5.49. The average Bonchev–Trinajstić information content (AvgIpc) is 3.17. The Kier molecular flexibility index (Phi) is 8.40. The zero-order chi connectivity index (χ0) is 20.5. The summed E-state index contributed by atoms with van der Waals surface area (Å²) in [6.07, 6.45) is 9.13. The summed E-state index contributed by atoms with van der Waals surface area (Å²) in [5.74, 6) is 1.70. The van der Waals surface area contributed by atoms with Crippen LogP contribution in [0.3, 0.4) is 0 Å². The third-order valence-corrected chi connectivity index (χ3v) is 5.79. The molecule has 1 saturated carbocycles. The quantitative estimate of drug-likeness (QED) is 0.466. The molecular formula is C21H33ClN6O. The second-order valence-electron chi connectivity index (χ2n) is 7.80. The summed E-state index contributed by atoms with van der Waals surface area (Å²) in [7, 11) is 0. The number of amides is 1. The number of nitrogens with zero attached hydrogens (tertiary/aromatic N) is 3. The van der Waals surface area contributed by atoms with E-state index in [0.29, 0.717) is 24.0 Å². The van der Waals surface area contributed by atoms with E-state index in [0.717, 1.165) is 50.7 Å². The summed E-state index contributed by atoms with van der Waals surface area (Å²) in [4.78, 5) is 23.4. The summed E-state index contributed by atoms with van der Waals surface area (Å²) in [6.45, 7) is 5.03. The van der Waals surface area contributed by atoms with Gasteiger partial charge in [0.1, 0.15) is 5.82 Å². The molecule has 2 aliphatic rings. The Balaban J connectivity index is 1.45. The van der Waals surface area contributed by atoms with Crippen LogP contribution in [0, 0.1) is 0 Å². The van der Waals surface area contributed by atoms with E-state index < -0.39 is 0 Å². The zero-order valence-electron chi connectivity index (χ0n) is 17.3. The van der Waals surface area contributed by atoms with E-state index >= 15 is 0 Å². The molecule has 160 valence electrons. The summed E-state index contributed by atoms with van der Waals surface area (Å²) in [5, 5.41) is 10.6. The van der Waals surface area contributed by atoms with Crippen molar-refractivity contribution in [3.63, 3.8) is 0 Å². The molecule has 1 aromatic rings. The largest absolute Gasteiger partial charge is 0.357 e. The van der Waals surface area contributed by atoms with Gasteiger partial charge in [-0.1, -0.05) is 30.9 Å². The fourth-order valence-corrected chi connectivity index (χ4v) is 4.25. The number of hydrogen-bond donors (Lipinski definition) is 3. The van der Waals surface area contributed by atoms with Gasteiger partial charge < -0.3 is 20.9 Å². The number of nitrogens with one attached hydrogen (secondary N) is 3. The number of halogens is 1. The van der Waals surface area contributed by atoms with Crippen LogP contribution < -0.4 is 20.9 Å². The van der Waals surface area contributed by atoms with Crippen molar-refractivity contribution in [2.45, 2.75) is 64.0 Å². The lowest BCUT2D eigenvalue weighted by Crippen LogP contribution is -2.45. The van der Waals surface area contributed by atoms with Crippen LogP contribution in [0.2, 0.25) is 5.02 Å². The average molecular weight is 421 g/mol. The van der Waals surface area contributed by atoms with Gasteiger partial charge in [0.05, 0.1) is 11.6 Å². The van der Waals surface area contributed by atoms with Crippen molar-refractivity contribution in [2.75, 3.05) is 31.1 Å². The minimum absolute atomic E-state index is 0.105. The van der Waals surface area contributed by atoms with Crippen LogP contribution in [0.15, 0.2) is 23.3 Å². The summed E-state index contributed by atoms with van der Waals surface area (Å²) >= 11 is 6.28. The van der Waals surface area contributed by atoms with Crippen LogP contribution in [0.4, 0.5) is 5.82 Å². The first-order valence-electron chi connectivity index (χ1n) is 10.9. The predicted molar refractivity (Wildman–Crippen MR) is 119 cm³/mol. The molecular weight excluding hydrogens is 388 g/mol. The summed E-state index contributed by atoms with van der Waals surface area (Å²) < 4.78 is 0. The number of rotatable bonds is 7. The Morgan fingerprint density at radius 1 is 1.24 bits per heavy atom. The van der Waals surface area contributed by atoms with E-state index in [1.54, 1.807) is 6.20 Å². The van der Waals surface area contributed by atoms with Gasteiger partial charge in [-0.3, -0.25) is 9.79 Å². The van der Waals surface area contributed by atoms with E-state index in [9.17, 15) is 4.79 Å². The molecule has 29 heavy (non-hydrogen) atoms. The number of pyridine rings is 1. The van der Waals surface area contributed by atoms with Gasteiger partial charge in [-0.05, 0) is 38.3 Å². The van der Waals surface area contributed by atoms with Crippen molar-refractivity contribution < 1.29 is 4.79 Å². The smallest absolute Gasteiger partial charge is 0.222 e. The summed E-state index contributed by atoms with van der Waals surface area (Å²) in [6, 6.07) is 4.34. The van der Waals surface area contributed by atoms with E-state index in [2.05, 4.69) is 30.8 Å². The van der Waals surface area contributed by atoms with E-state index in [1.807, 2.05) is 19.1 Å². The highest BCUT2D eigenvalue weighted by molar-refractivity contribution is 6.32. The maximum absolute atomic E-state index is 12.2. The van der Waals surface area contributed by atoms with Gasteiger partial charge in [0.15, 0.2) is 5.96 Å². The first-order valence-corrected chi connectivity index (χ1v) is 11.2. The predicted octanol–water partition coefficient (Wildman–Crippen LogP) is 2.71. The van der Waals surface area contributed by atoms with Gasteiger partial charge in [0.2, 0.25) is 5.91 Å². The second kappa shape index (κ2) is 11.2. The van der Waals surface area contributed by atoms with Crippen molar-refractivity contribution >= 4 is 29.3 Å². The topological polar surface area (TPSA) is 81.6 Å². The maximum atomic E-state index is 12.2. The Labute approximate surface area is 178 Å². The molecule has 3 N–H and O–H groups in total. The van der Waals surface area contributed by atoms with Crippen molar-refractivity contribution in [1.82, 2.24) is 20.9 Å². The molecule has 3 rings (SSSR count). The highest BCUT2D eigenvalue weighted by atomic mass is 35.5. The molecule has 8 heteroatoms. The highest BCUT2D eigenvalue weighted by Crippen LogP contribution is 2.25. The van der Waals surface area contributed by atoms with Crippen LogP contribution in [-0.4, -0.2) is 55.1 Å². The Morgan fingerprint density at radius 2 is 2.07 bits per heavy atom. The Morgan fingerprint density at radius 3 is 2.83 bits per heavy atom. The lowest BCUT2D eigenvalue weighted by Gasteiger charge is -2.22. The SMILES string of the molecule is CCNC(=NCCC(=O)NC1CCCCC1)NC1CCN(c2ncccc2Cl)C1. The number of carbonyl (C=O) groups is 1. The minimum Gasteiger partial charge on any atom is -0.357 e. The van der Waals surface area contributed by atoms with Gasteiger partial charge in [-0.15, -0.1) is 0 Å². The van der Waals surface area contributed by atoms with Crippen molar-refractivity contribution in [1.29, 1.82) is 0 Å². The van der Waals surface area contributed by atoms with Crippen LogP contribution in [-0.2, 0) is 4.79 Å². The van der Waals surface area contributed by atoms with Gasteiger partial charge in [0.25, 0.3) is 0 Å². The zero-order valence-corrected chi connectivity index (χ0v) is 18.0. The number of aromatic nitrogens is 1. The molecule has 1 atom stereocenters. The number of guanidine groups is 1. The number of anilines is 1. The molecule has 7 nitrogen and oxygen atoms in total. The number of carbonyl (C=O) groups excluding carboxylic acids is 1. The third kappa shape index (κ3) is 6.77. The van der Waals surface area contributed by atoms with Gasteiger partial charge in [-0.2, -0.15) is 0 Å². The first kappa shape index (κ1) is 21.7. The monoisotopic (exact) mass is 420 g/mol. The van der Waals surface area contributed by atoms with Crippen LogP contribution in [0.25, 0.3) is 0 Å². The van der Waals surface area contributed by atoms with Crippen LogP contribution >= 0.6 is 11.6 Å². The van der Waals surface area contributed by atoms with Crippen LogP contribution in [0.1, 0.15) is 51.9 Å². The molecule has 0 radical (unpaired) electrons. The van der Waals surface area contributed by atoms with Gasteiger partial charge in [0, 0.05) is 44.3 Å². The fraction of sp³-hybridized carbons (Fsp3) is 0.667. The maximum Gasteiger partial charge on any atom is 0.222 e. The first-order chi connectivity index (χ1) is 14.2. The standard InChI is InChI=1S/C21H33ClN6O/c1-2-23-21(25-13-10-19(29)26-16-7-4-3-5-8-16)27-17-11-14-28(15-17)20-18(22)9-6-12-24-20/h6,9,12,16-17H,2-5,7-8,10-11,13-15H2,1H3,(H,26,29)(H2,23,25,27). The lowest BCUT2D eigenvalue weighted by molar-refractivity contribution is -0.121. The molecule has 1 unspecified atom stereocenters. The van der Waals surface area contributed by atoms with Crippen LogP contribution in [0.5, 0.6) is 0 Å². The molecule has 1 aliphatic carbocycles.